The van der Waals surface area contributed by atoms with Crippen molar-refractivity contribution in [3.05, 3.63) is 125 Å². The first-order valence-electron chi connectivity index (χ1n) is 20.7. The Kier molecular flexibility index (Phi) is 14.6. The normalized spacial score (nSPS) is 14.9. The van der Waals surface area contributed by atoms with Gasteiger partial charge in [-0.1, -0.05) is 54.1 Å². The van der Waals surface area contributed by atoms with E-state index in [1.807, 2.05) is 42.5 Å². The number of amides is 3. The molecule has 16 nitrogen and oxygen atoms in total. The highest BCUT2D eigenvalue weighted by Crippen LogP contribution is 2.48. The van der Waals surface area contributed by atoms with Crippen molar-refractivity contribution in [2.45, 2.75) is 43.6 Å². The summed E-state index contributed by atoms with van der Waals surface area (Å²) in [6.07, 6.45) is -3.33. The maximum Gasteiger partial charge on any atom is 0.422 e. The Labute approximate surface area is 377 Å². The van der Waals surface area contributed by atoms with Crippen molar-refractivity contribution in [3.8, 4) is 6.01 Å². The number of nitrogens with one attached hydrogen (secondary N) is 5. The molecule has 65 heavy (non-hydrogen) atoms. The van der Waals surface area contributed by atoms with E-state index in [0.717, 1.165) is 51.1 Å². The summed E-state index contributed by atoms with van der Waals surface area (Å²) in [5, 5.41) is 14.3. The number of alkyl halides is 3. The molecule has 0 bridgehead atoms. The number of halogens is 4. The Morgan fingerprint density at radius 3 is 2.11 bits per heavy atom. The molecular formula is C45H46ClF3N10O6. The minimum atomic E-state index is -4.64. The Morgan fingerprint density at radius 1 is 0.800 bits per heavy atom. The molecule has 1 aromatic heterocycles. The standard InChI is InChI=1S/C45H46ClF3N10O6/c1-64-40(63)36(19-22-50-38(61)39(62)51-33-15-17-35(18-16-33)59-25-23-58(24-26-59)27-29-5-3-2-4-6-29)53-37(60)30-7-13-34(14-8-30)52-41-54-42(56-43(55-41)65-28-45(47,48)49)57-44(20-21-44)31-9-11-32(46)12-10-31/h2-18,36H,19-28H2,1H3,(H,50,61)(H,51,62)(H,53,60)(H2,52,54,55,56,57)/t36-/m0/s1. The van der Waals surface area contributed by atoms with Crippen LogP contribution in [0.3, 0.4) is 0 Å². The van der Waals surface area contributed by atoms with Crippen LogP contribution in [0.2, 0.25) is 5.02 Å². The van der Waals surface area contributed by atoms with Crippen LogP contribution in [0.4, 0.5) is 42.1 Å². The molecule has 3 amide bonds. The van der Waals surface area contributed by atoms with Gasteiger partial charge in [-0.25, -0.2) is 4.79 Å². The first kappa shape index (κ1) is 46.0. The van der Waals surface area contributed by atoms with Crippen molar-refractivity contribution < 1.29 is 41.8 Å². The number of anilines is 5. The molecule has 1 atom stereocenters. The number of aromatic nitrogens is 3. The van der Waals surface area contributed by atoms with Gasteiger partial charge in [-0.3, -0.25) is 19.3 Å². The Hall–Kier alpha value is -6.99. The molecule has 0 unspecified atom stereocenters. The van der Waals surface area contributed by atoms with E-state index in [1.165, 1.54) is 29.8 Å². The predicted octanol–water partition coefficient (Wildman–Crippen LogP) is 6.05. The average molecular weight is 915 g/mol. The van der Waals surface area contributed by atoms with Crippen LogP contribution in [0.15, 0.2) is 103 Å². The van der Waals surface area contributed by atoms with Crippen LogP contribution in [0, 0.1) is 0 Å². The lowest BCUT2D eigenvalue weighted by Gasteiger charge is -2.36. The molecule has 2 heterocycles. The van der Waals surface area contributed by atoms with Gasteiger partial charge in [0, 0.05) is 66.9 Å². The van der Waals surface area contributed by atoms with Gasteiger partial charge in [-0.05, 0) is 91.1 Å². The van der Waals surface area contributed by atoms with E-state index in [-0.39, 0.29) is 30.4 Å². The smallest absolute Gasteiger partial charge is 0.422 e. The quantitative estimate of drug-likeness (QED) is 0.0536. The molecule has 7 rings (SSSR count). The fourth-order valence-electron chi connectivity index (χ4n) is 7.10. The first-order chi connectivity index (χ1) is 31.2. The van der Waals surface area contributed by atoms with Crippen LogP contribution in [-0.4, -0.2) is 102 Å². The zero-order valence-electron chi connectivity index (χ0n) is 35.2. The molecule has 5 aromatic rings. The van der Waals surface area contributed by atoms with Gasteiger partial charge in [0.2, 0.25) is 11.9 Å². The zero-order valence-corrected chi connectivity index (χ0v) is 35.9. The minimum absolute atomic E-state index is 0.0288. The van der Waals surface area contributed by atoms with Gasteiger partial charge in [-0.2, -0.15) is 28.1 Å². The van der Waals surface area contributed by atoms with E-state index in [9.17, 15) is 32.3 Å². The molecule has 1 saturated heterocycles. The largest absolute Gasteiger partial charge is 0.467 e. The van der Waals surface area contributed by atoms with E-state index in [2.05, 4.69) is 63.5 Å². The highest BCUT2D eigenvalue weighted by atomic mass is 35.5. The number of methoxy groups -OCH3 is 1. The van der Waals surface area contributed by atoms with Gasteiger partial charge in [0.15, 0.2) is 6.61 Å². The fourth-order valence-corrected chi connectivity index (χ4v) is 7.23. The molecule has 340 valence electrons. The third-order valence-corrected chi connectivity index (χ3v) is 11.0. The van der Waals surface area contributed by atoms with E-state index in [0.29, 0.717) is 29.2 Å². The van der Waals surface area contributed by atoms with Crippen LogP contribution >= 0.6 is 11.6 Å². The average Bonchev–Trinajstić information content (AvgIpc) is 4.08. The highest BCUT2D eigenvalue weighted by molar-refractivity contribution is 6.39. The topological polar surface area (TPSA) is 192 Å². The summed E-state index contributed by atoms with van der Waals surface area (Å²) >= 11 is 6.05. The van der Waals surface area contributed by atoms with Crippen LogP contribution in [-0.2, 0) is 31.2 Å². The maximum atomic E-state index is 13.2. The number of rotatable bonds is 17. The summed E-state index contributed by atoms with van der Waals surface area (Å²) in [7, 11) is 1.15. The molecule has 20 heteroatoms. The van der Waals surface area contributed by atoms with Crippen LogP contribution < -0.4 is 36.2 Å². The number of nitrogens with zero attached hydrogens (tertiary/aromatic N) is 5. The molecule has 4 aromatic carbocycles. The lowest BCUT2D eigenvalue weighted by Crippen LogP contribution is -2.46. The number of piperazine rings is 1. The van der Waals surface area contributed by atoms with Crippen molar-refractivity contribution in [3.63, 3.8) is 0 Å². The van der Waals surface area contributed by atoms with Gasteiger partial charge >= 0.3 is 30.0 Å². The predicted molar refractivity (Wildman–Crippen MR) is 237 cm³/mol. The summed E-state index contributed by atoms with van der Waals surface area (Å²) in [5.74, 6) is -3.43. The molecule has 1 aliphatic carbocycles. The summed E-state index contributed by atoms with van der Waals surface area (Å²) in [5.41, 5.74) is 3.54. The van der Waals surface area contributed by atoms with Crippen molar-refractivity contribution in [2.24, 2.45) is 0 Å². The second kappa shape index (κ2) is 20.7. The number of carbonyl (C=O) groups is 4. The van der Waals surface area contributed by atoms with E-state index in [1.54, 1.807) is 24.3 Å². The van der Waals surface area contributed by atoms with Crippen molar-refractivity contribution in [1.29, 1.82) is 0 Å². The van der Waals surface area contributed by atoms with Crippen molar-refractivity contribution >= 4 is 64.3 Å². The first-order valence-corrected chi connectivity index (χ1v) is 21.1. The fraction of sp³-hybridized carbons (Fsp3) is 0.311. The van der Waals surface area contributed by atoms with Gasteiger partial charge in [0.05, 0.1) is 12.6 Å². The Morgan fingerprint density at radius 2 is 1.46 bits per heavy atom. The van der Waals surface area contributed by atoms with Gasteiger partial charge in [-0.15, -0.1) is 0 Å². The summed E-state index contributed by atoms with van der Waals surface area (Å²) < 4.78 is 48.8. The SMILES string of the molecule is COC(=O)[C@H](CCNC(=O)C(=O)Nc1ccc(N2CCN(Cc3ccccc3)CC2)cc1)NC(=O)c1ccc(Nc2nc(NC3(c4ccc(Cl)cc4)CC3)nc(OCC(F)(F)F)n2)cc1. The highest BCUT2D eigenvalue weighted by Gasteiger charge is 2.45. The minimum Gasteiger partial charge on any atom is -0.467 e. The van der Waals surface area contributed by atoms with Crippen LogP contribution in [0.1, 0.15) is 40.7 Å². The van der Waals surface area contributed by atoms with Crippen molar-refractivity contribution in [1.82, 2.24) is 30.5 Å². The number of carbonyl (C=O) groups excluding carboxylic acids is 4. The van der Waals surface area contributed by atoms with Crippen LogP contribution in [0.25, 0.3) is 0 Å². The van der Waals surface area contributed by atoms with Gasteiger partial charge < -0.3 is 41.0 Å². The molecule has 0 radical (unpaired) electrons. The second-order valence-electron chi connectivity index (χ2n) is 15.4. The molecular weight excluding hydrogens is 869 g/mol. The van der Waals surface area contributed by atoms with E-state index < -0.39 is 54.1 Å². The third kappa shape index (κ3) is 13.0. The number of hydrogen-bond donors (Lipinski definition) is 5. The maximum absolute atomic E-state index is 13.2. The molecule has 1 saturated carbocycles. The summed E-state index contributed by atoms with van der Waals surface area (Å²) in [4.78, 5) is 68.3. The summed E-state index contributed by atoms with van der Waals surface area (Å²) in [6, 6.07) is 28.8. The van der Waals surface area contributed by atoms with Crippen molar-refractivity contribution in [2.75, 3.05) is 67.3 Å². The molecule has 0 spiro atoms. The van der Waals surface area contributed by atoms with E-state index in [4.69, 9.17) is 21.1 Å². The number of ether oxygens (including phenoxy) is 2. The summed E-state index contributed by atoms with van der Waals surface area (Å²) in [6.45, 7) is 2.66. The number of esters is 1. The Balaban J connectivity index is 0.888. The molecule has 2 fully saturated rings. The van der Waals surface area contributed by atoms with E-state index >= 15 is 0 Å². The van der Waals surface area contributed by atoms with Gasteiger partial charge in [0.25, 0.3) is 5.91 Å². The molecule has 2 aliphatic rings. The number of hydrogen-bond acceptors (Lipinski definition) is 13. The lowest BCUT2D eigenvalue weighted by atomic mass is 10.1. The lowest BCUT2D eigenvalue weighted by molar-refractivity contribution is -0.154. The molecule has 1 aliphatic heterocycles. The zero-order chi connectivity index (χ0) is 46.0. The van der Waals surface area contributed by atoms with Gasteiger partial charge in [0.1, 0.15) is 6.04 Å². The van der Waals surface area contributed by atoms with Crippen LogP contribution in [0.5, 0.6) is 6.01 Å². The monoisotopic (exact) mass is 914 g/mol. The Bertz CT molecular complexity index is 2440. The third-order valence-electron chi connectivity index (χ3n) is 10.7. The number of benzene rings is 4. The molecule has 5 N–H and O–H groups in total. The second-order valence-corrected chi connectivity index (χ2v) is 15.9.